The summed E-state index contributed by atoms with van der Waals surface area (Å²) in [5.41, 5.74) is 7.47. The number of fused-ring (bicyclic) bond motifs is 1. The van der Waals surface area contributed by atoms with Gasteiger partial charge < -0.3 is 11.1 Å². The molecule has 0 spiro atoms. The molecular weight excluding hydrogens is 310 g/mol. The van der Waals surface area contributed by atoms with E-state index in [4.69, 9.17) is 17.3 Å². The van der Waals surface area contributed by atoms with Crippen molar-refractivity contribution in [2.45, 2.75) is 6.92 Å². The van der Waals surface area contributed by atoms with Gasteiger partial charge in [0.15, 0.2) is 16.1 Å². The lowest BCUT2D eigenvalue weighted by Crippen LogP contribution is -2.13. The number of aromatic nitrogens is 3. The smallest absolute Gasteiger partial charge is 0.268 e. The van der Waals surface area contributed by atoms with Crippen molar-refractivity contribution in [1.29, 1.82) is 0 Å². The molecule has 0 fully saturated rings. The number of carbonyl (C=O) groups is 1. The molecule has 2 aromatic heterocycles. The van der Waals surface area contributed by atoms with E-state index in [2.05, 4.69) is 20.3 Å². The number of aryl methyl sites for hydroxylation is 1. The summed E-state index contributed by atoms with van der Waals surface area (Å²) in [7, 11) is 0. The number of para-hydroxylation sites is 2. The highest BCUT2D eigenvalue weighted by Crippen LogP contribution is 2.24. The number of rotatable bonds is 2. The van der Waals surface area contributed by atoms with Crippen LogP contribution in [0.25, 0.3) is 11.0 Å². The fourth-order valence-corrected chi connectivity index (χ4v) is 2.76. The second-order valence-electron chi connectivity index (χ2n) is 4.27. The van der Waals surface area contributed by atoms with E-state index in [1.807, 2.05) is 12.1 Å². The van der Waals surface area contributed by atoms with Gasteiger partial charge in [-0.2, -0.15) is 0 Å². The summed E-state index contributed by atoms with van der Waals surface area (Å²) >= 11 is 7.17. The fourth-order valence-electron chi connectivity index (χ4n) is 1.85. The third kappa shape index (κ3) is 2.65. The van der Waals surface area contributed by atoms with E-state index >= 15 is 0 Å². The maximum atomic E-state index is 12.2. The van der Waals surface area contributed by atoms with Crippen LogP contribution in [0.4, 0.5) is 10.9 Å². The minimum Gasteiger partial charge on any atom is -0.375 e. The van der Waals surface area contributed by atoms with E-state index in [9.17, 15) is 4.79 Å². The molecule has 0 saturated carbocycles. The van der Waals surface area contributed by atoms with Crippen molar-refractivity contribution in [2.24, 2.45) is 0 Å². The minimum absolute atomic E-state index is 0.136. The number of amides is 1. The standard InChI is InChI=1S/C13H10ClN5OS/c1-6-9(21-13(15)16-6)12(20)19-11-10(14)17-7-4-2-3-5-8(7)18-11/h2-5H,1H3,(H2,15,16)(H,18,19,20). The third-order valence-electron chi connectivity index (χ3n) is 2.78. The Bertz CT molecular complexity index is 848. The normalized spacial score (nSPS) is 10.8. The number of carbonyl (C=O) groups excluding carboxylic acids is 1. The van der Waals surface area contributed by atoms with Crippen LogP contribution in [0.5, 0.6) is 0 Å². The molecule has 2 heterocycles. The molecule has 0 aliphatic carbocycles. The van der Waals surface area contributed by atoms with Crippen LogP contribution in [-0.2, 0) is 0 Å². The molecule has 1 aromatic carbocycles. The highest BCUT2D eigenvalue weighted by molar-refractivity contribution is 7.17. The topological polar surface area (TPSA) is 93.8 Å². The SMILES string of the molecule is Cc1nc(N)sc1C(=O)Nc1nc2ccccc2nc1Cl. The molecule has 3 aromatic rings. The van der Waals surface area contributed by atoms with Gasteiger partial charge in [-0.1, -0.05) is 35.1 Å². The van der Waals surface area contributed by atoms with E-state index in [1.165, 1.54) is 0 Å². The first-order chi connectivity index (χ1) is 10.0. The van der Waals surface area contributed by atoms with Crippen LogP contribution in [0.3, 0.4) is 0 Å². The van der Waals surface area contributed by atoms with Crippen molar-refractivity contribution >= 4 is 50.8 Å². The number of hydrogen-bond acceptors (Lipinski definition) is 6. The van der Waals surface area contributed by atoms with E-state index in [0.717, 1.165) is 11.3 Å². The lowest BCUT2D eigenvalue weighted by molar-refractivity contribution is 0.102. The van der Waals surface area contributed by atoms with Gasteiger partial charge in [-0.25, -0.2) is 15.0 Å². The average Bonchev–Trinajstić information content (AvgIpc) is 2.78. The fraction of sp³-hybridized carbons (Fsp3) is 0.0769. The highest BCUT2D eigenvalue weighted by atomic mass is 35.5. The monoisotopic (exact) mass is 319 g/mol. The Kier molecular flexibility index (Phi) is 3.44. The van der Waals surface area contributed by atoms with E-state index in [-0.39, 0.29) is 16.9 Å². The Morgan fingerprint density at radius 1 is 1.24 bits per heavy atom. The summed E-state index contributed by atoms with van der Waals surface area (Å²) in [5.74, 6) is -0.139. The van der Waals surface area contributed by atoms with Gasteiger partial charge in [-0.15, -0.1) is 0 Å². The Hall–Kier alpha value is -2.25. The molecule has 0 unspecified atom stereocenters. The third-order valence-corrected chi connectivity index (χ3v) is 4.03. The second kappa shape index (κ2) is 5.27. The minimum atomic E-state index is -0.354. The molecule has 1 amide bonds. The maximum absolute atomic E-state index is 12.2. The van der Waals surface area contributed by atoms with Gasteiger partial charge in [0.25, 0.3) is 5.91 Å². The molecule has 3 rings (SSSR count). The Balaban J connectivity index is 1.96. The summed E-state index contributed by atoms with van der Waals surface area (Å²) in [6.07, 6.45) is 0. The number of thiazole rings is 1. The number of benzene rings is 1. The summed E-state index contributed by atoms with van der Waals surface area (Å²) in [4.78, 5) is 25.2. The predicted molar refractivity (Wildman–Crippen MR) is 83.8 cm³/mol. The van der Waals surface area contributed by atoms with Crippen LogP contribution >= 0.6 is 22.9 Å². The van der Waals surface area contributed by atoms with Gasteiger partial charge in [0.05, 0.1) is 16.7 Å². The highest BCUT2D eigenvalue weighted by Gasteiger charge is 2.17. The number of nitrogens with two attached hydrogens (primary N) is 1. The lowest BCUT2D eigenvalue weighted by atomic mass is 10.3. The number of nitrogens with zero attached hydrogens (tertiary/aromatic N) is 3. The number of hydrogen-bond donors (Lipinski definition) is 2. The van der Waals surface area contributed by atoms with Crippen molar-refractivity contribution in [2.75, 3.05) is 11.1 Å². The van der Waals surface area contributed by atoms with Gasteiger partial charge in [-0.05, 0) is 19.1 Å². The first-order valence-electron chi connectivity index (χ1n) is 6.01. The van der Waals surface area contributed by atoms with Crippen LogP contribution < -0.4 is 11.1 Å². The summed E-state index contributed by atoms with van der Waals surface area (Å²) in [6, 6.07) is 7.28. The Morgan fingerprint density at radius 2 is 1.90 bits per heavy atom. The zero-order chi connectivity index (χ0) is 15.0. The molecule has 0 atom stereocenters. The van der Waals surface area contributed by atoms with Crippen molar-refractivity contribution in [1.82, 2.24) is 15.0 Å². The molecule has 6 nitrogen and oxygen atoms in total. The molecule has 0 saturated heterocycles. The van der Waals surface area contributed by atoms with Crippen molar-refractivity contribution in [3.05, 3.63) is 40.0 Å². The number of nitrogens with one attached hydrogen (secondary N) is 1. The molecule has 8 heteroatoms. The van der Waals surface area contributed by atoms with Crippen LogP contribution in [-0.4, -0.2) is 20.9 Å². The molecule has 0 aliphatic rings. The molecule has 0 bridgehead atoms. The summed E-state index contributed by atoms with van der Waals surface area (Å²) in [5, 5.41) is 3.12. The van der Waals surface area contributed by atoms with E-state index < -0.39 is 0 Å². The average molecular weight is 320 g/mol. The second-order valence-corrected chi connectivity index (χ2v) is 5.66. The van der Waals surface area contributed by atoms with Gasteiger partial charge in [0, 0.05) is 0 Å². The van der Waals surface area contributed by atoms with Gasteiger partial charge in [0.1, 0.15) is 4.88 Å². The zero-order valence-corrected chi connectivity index (χ0v) is 12.5. The zero-order valence-electron chi connectivity index (χ0n) is 10.9. The van der Waals surface area contributed by atoms with Crippen molar-refractivity contribution in [3.63, 3.8) is 0 Å². The first kappa shape index (κ1) is 13.7. The number of halogens is 1. The Morgan fingerprint density at radius 3 is 2.52 bits per heavy atom. The molecular formula is C13H10ClN5OS. The van der Waals surface area contributed by atoms with Crippen molar-refractivity contribution in [3.8, 4) is 0 Å². The van der Waals surface area contributed by atoms with Gasteiger partial charge >= 0.3 is 0 Å². The predicted octanol–water partition coefficient (Wildman–Crippen LogP) is 2.88. The maximum Gasteiger partial charge on any atom is 0.268 e. The van der Waals surface area contributed by atoms with Crippen molar-refractivity contribution < 1.29 is 4.79 Å². The molecule has 3 N–H and O–H groups in total. The van der Waals surface area contributed by atoms with Crippen LogP contribution in [0.15, 0.2) is 24.3 Å². The van der Waals surface area contributed by atoms with Gasteiger partial charge in [0.2, 0.25) is 0 Å². The molecule has 0 aliphatic heterocycles. The summed E-state index contributed by atoms with van der Waals surface area (Å²) in [6.45, 7) is 1.72. The van der Waals surface area contributed by atoms with Crippen LogP contribution in [0, 0.1) is 6.92 Å². The quantitative estimate of drug-likeness (QED) is 0.757. The number of anilines is 2. The molecule has 106 valence electrons. The molecule has 21 heavy (non-hydrogen) atoms. The van der Waals surface area contributed by atoms with Gasteiger partial charge in [-0.3, -0.25) is 4.79 Å². The van der Waals surface area contributed by atoms with E-state index in [0.29, 0.717) is 26.7 Å². The molecule has 0 radical (unpaired) electrons. The lowest BCUT2D eigenvalue weighted by Gasteiger charge is -2.06. The largest absolute Gasteiger partial charge is 0.375 e. The number of nitrogen functional groups attached to an aromatic ring is 1. The van der Waals surface area contributed by atoms with Crippen LogP contribution in [0.1, 0.15) is 15.4 Å². The first-order valence-corrected chi connectivity index (χ1v) is 7.20. The summed E-state index contributed by atoms with van der Waals surface area (Å²) < 4.78 is 0. The van der Waals surface area contributed by atoms with E-state index in [1.54, 1.807) is 19.1 Å². The Labute approximate surface area is 129 Å². The van der Waals surface area contributed by atoms with Crippen LogP contribution in [0.2, 0.25) is 5.15 Å².